The number of imidazole rings is 1. The fraction of sp³-hybridized carbons (Fsp3) is 0.324. The second kappa shape index (κ2) is 11.3. The number of nitrogens with zero attached hydrogens (tertiary/aromatic N) is 6. The monoisotopic (exact) mass is 541 g/mol. The molecule has 0 radical (unpaired) electrons. The second-order valence-electron chi connectivity index (χ2n) is 11.2. The van der Waals surface area contributed by atoms with Crippen molar-refractivity contribution in [3.05, 3.63) is 95.5 Å². The fourth-order valence-corrected chi connectivity index (χ4v) is 6.14. The molecule has 2 aliphatic rings. The summed E-state index contributed by atoms with van der Waals surface area (Å²) < 4.78 is 0. The minimum Gasteiger partial charge on any atom is -0.335 e. The van der Waals surface area contributed by atoms with E-state index in [1.807, 2.05) is 36.8 Å². The highest BCUT2D eigenvalue weighted by Gasteiger charge is 2.22. The van der Waals surface area contributed by atoms with Gasteiger partial charge in [0, 0.05) is 54.1 Å². The Morgan fingerprint density at radius 3 is 2.61 bits per heavy atom. The lowest BCUT2D eigenvalue weighted by Crippen LogP contribution is -2.29. The number of aliphatic imine (C=N–C) groups is 1. The standard InChI is InChI=1S/C34H35N7/c1-2-23-15-24(22-41-13-6-3-7-14-41)17-25(16-23)26-18-27-29(38-19-26)10-8-12-37-33(27)34-39-31-21-35-20-28(32(31)40-34)30-9-4-5-11-36-30/h4-5,9,11,15-21H,2-3,6-8,10,12-14,22H2,1H3,(H,39,40). The Hall–Kier alpha value is -4.23. The normalized spacial score (nSPS) is 15.9. The third-order valence-corrected chi connectivity index (χ3v) is 8.28. The molecule has 7 nitrogen and oxygen atoms in total. The van der Waals surface area contributed by atoms with Crippen LogP contribution < -0.4 is 0 Å². The highest BCUT2D eigenvalue weighted by molar-refractivity contribution is 6.13. The molecule has 41 heavy (non-hydrogen) atoms. The van der Waals surface area contributed by atoms with Crippen LogP contribution in [0.15, 0.2) is 72.2 Å². The van der Waals surface area contributed by atoms with Crippen molar-refractivity contribution in [3.8, 4) is 22.4 Å². The molecule has 0 spiro atoms. The number of likely N-dealkylation sites (tertiary alicyclic amines) is 1. The van der Waals surface area contributed by atoms with E-state index in [-0.39, 0.29) is 0 Å². The molecule has 1 fully saturated rings. The largest absolute Gasteiger partial charge is 0.335 e. The lowest BCUT2D eigenvalue weighted by molar-refractivity contribution is 0.221. The van der Waals surface area contributed by atoms with Gasteiger partial charge >= 0.3 is 0 Å². The number of rotatable bonds is 6. The van der Waals surface area contributed by atoms with Crippen molar-refractivity contribution >= 4 is 16.7 Å². The SMILES string of the molecule is CCc1cc(CN2CCCCC2)cc(-c2cnc3c(c2)C(c2nc4c(-c5ccccn5)cncc4[nH]2)=NCCC3)c1. The molecule has 0 bridgehead atoms. The van der Waals surface area contributed by atoms with Crippen LogP contribution in [0.1, 0.15) is 60.8 Å². The first-order valence-corrected chi connectivity index (χ1v) is 14.9. The number of pyridine rings is 3. The van der Waals surface area contributed by atoms with E-state index >= 15 is 0 Å². The smallest absolute Gasteiger partial charge is 0.157 e. The Kier molecular flexibility index (Phi) is 7.11. The molecule has 0 atom stereocenters. The van der Waals surface area contributed by atoms with Crippen molar-refractivity contribution in [2.24, 2.45) is 4.99 Å². The van der Waals surface area contributed by atoms with Crippen molar-refractivity contribution < 1.29 is 0 Å². The molecule has 2 aliphatic heterocycles. The molecular weight excluding hydrogens is 506 g/mol. The quantitative estimate of drug-likeness (QED) is 0.268. The molecule has 5 aromatic rings. The Morgan fingerprint density at radius 1 is 0.854 bits per heavy atom. The number of fused-ring (bicyclic) bond motifs is 2. The van der Waals surface area contributed by atoms with Gasteiger partial charge in [-0.3, -0.25) is 24.8 Å². The van der Waals surface area contributed by atoms with Crippen LogP contribution >= 0.6 is 0 Å². The van der Waals surface area contributed by atoms with Gasteiger partial charge in [0.15, 0.2) is 5.82 Å². The van der Waals surface area contributed by atoms with E-state index in [4.69, 9.17) is 15.0 Å². The van der Waals surface area contributed by atoms with Crippen LogP contribution in [0.25, 0.3) is 33.4 Å². The highest BCUT2D eigenvalue weighted by Crippen LogP contribution is 2.30. The lowest BCUT2D eigenvalue weighted by atomic mass is 9.96. The third kappa shape index (κ3) is 5.30. The Labute approximate surface area is 240 Å². The molecule has 1 saturated heterocycles. The summed E-state index contributed by atoms with van der Waals surface area (Å²) in [6.07, 6.45) is 14.3. The number of nitrogens with one attached hydrogen (secondary N) is 1. The Bertz CT molecular complexity index is 1710. The van der Waals surface area contributed by atoms with Crippen LogP contribution in [0.4, 0.5) is 0 Å². The van der Waals surface area contributed by atoms with E-state index in [0.29, 0.717) is 0 Å². The van der Waals surface area contributed by atoms with E-state index in [9.17, 15) is 0 Å². The molecule has 0 aliphatic carbocycles. The summed E-state index contributed by atoms with van der Waals surface area (Å²) in [5.74, 6) is 0.750. The summed E-state index contributed by atoms with van der Waals surface area (Å²) in [6, 6.07) is 15.2. The van der Waals surface area contributed by atoms with Crippen LogP contribution in [0.3, 0.4) is 0 Å². The summed E-state index contributed by atoms with van der Waals surface area (Å²) in [5, 5.41) is 0. The molecular formula is C34H35N7. The molecule has 4 aromatic heterocycles. The lowest BCUT2D eigenvalue weighted by Gasteiger charge is -2.26. The van der Waals surface area contributed by atoms with Gasteiger partial charge in [-0.05, 0) is 86.1 Å². The second-order valence-corrected chi connectivity index (χ2v) is 11.2. The number of hydrogen-bond acceptors (Lipinski definition) is 6. The van der Waals surface area contributed by atoms with Crippen LogP contribution in [0.5, 0.6) is 0 Å². The zero-order chi connectivity index (χ0) is 27.6. The Balaban J connectivity index is 1.28. The van der Waals surface area contributed by atoms with Crippen molar-refractivity contribution in [2.75, 3.05) is 19.6 Å². The van der Waals surface area contributed by atoms with Gasteiger partial charge in [0.05, 0.1) is 17.4 Å². The van der Waals surface area contributed by atoms with Crippen molar-refractivity contribution in [3.63, 3.8) is 0 Å². The minimum atomic E-state index is 0.745. The van der Waals surface area contributed by atoms with E-state index < -0.39 is 0 Å². The highest BCUT2D eigenvalue weighted by atomic mass is 15.1. The first-order chi connectivity index (χ1) is 20.2. The molecule has 0 amide bonds. The number of benzene rings is 1. The zero-order valence-electron chi connectivity index (χ0n) is 23.6. The van der Waals surface area contributed by atoms with E-state index in [2.05, 4.69) is 51.0 Å². The molecule has 1 aromatic carbocycles. The molecule has 7 heteroatoms. The van der Waals surface area contributed by atoms with Gasteiger partial charge in [-0.25, -0.2) is 4.98 Å². The van der Waals surface area contributed by atoms with Gasteiger partial charge in [0.1, 0.15) is 11.2 Å². The summed E-state index contributed by atoms with van der Waals surface area (Å²) in [7, 11) is 0. The zero-order valence-corrected chi connectivity index (χ0v) is 23.6. The summed E-state index contributed by atoms with van der Waals surface area (Å²) >= 11 is 0. The van der Waals surface area contributed by atoms with Gasteiger partial charge < -0.3 is 4.98 Å². The molecule has 1 N–H and O–H groups in total. The summed E-state index contributed by atoms with van der Waals surface area (Å²) in [5.41, 5.74) is 11.6. The number of hydrogen-bond donors (Lipinski definition) is 1. The maximum Gasteiger partial charge on any atom is 0.157 e. The van der Waals surface area contributed by atoms with Crippen molar-refractivity contribution in [1.29, 1.82) is 0 Å². The average molecular weight is 542 g/mol. The van der Waals surface area contributed by atoms with E-state index in [1.165, 1.54) is 49.0 Å². The molecule has 0 saturated carbocycles. The maximum absolute atomic E-state index is 5.06. The average Bonchev–Trinajstić information content (AvgIpc) is 3.35. The first kappa shape index (κ1) is 25.7. The summed E-state index contributed by atoms with van der Waals surface area (Å²) in [6.45, 7) is 6.38. The Morgan fingerprint density at radius 2 is 1.76 bits per heavy atom. The number of H-pyrrole nitrogens is 1. The van der Waals surface area contributed by atoms with Crippen LogP contribution in [-0.2, 0) is 19.4 Å². The summed E-state index contributed by atoms with van der Waals surface area (Å²) in [4.78, 5) is 30.2. The fourth-order valence-electron chi connectivity index (χ4n) is 6.14. The predicted octanol–water partition coefficient (Wildman–Crippen LogP) is 6.41. The predicted molar refractivity (Wildman–Crippen MR) is 164 cm³/mol. The number of aromatic amines is 1. The van der Waals surface area contributed by atoms with Gasteiger partial charge in [-0.15, -0.1) is 0 Å². The molecule has 6 heterocycles. The van der Waals surface area contributed by atoms with Crippen LogP contribution in [-0.4, -0.2) is 55.2 Å². The van der Waals surface area contributed by atoms with Gasteiger partial charge in [0.25, 0.3) is 0 Å². The van der Waals surface area contributed by atoms with Gasteiger partial charge in [0.2, 0.25) is 0 Å². The topological polar surface area (TPSA) is 83.0 Å². The molecule has 206 valence electrons. The number of aryl methyl sites for hydroxylation is 2. The van der Waals surface area contributed by atoms with Crippen LogP contribution in [0.2, 0.25) is 0 Å². The first-order valence-electron chi connectivity index (χ1n) is 14.9. The number of piperidine rings is 1. The van der Waals surface area contributed by atoms with Gasteiger partial charge in [-0.1, -0.05) is 31.5 Å². The van der Waals surface area contributed by atoms with Crippen molar-refractivity contribution in [1.82, 2.24) is 29.8 Å². The van der Waals surface area contributed by atoms with E-state index in [1.54, 1.807) is 6.20 Å². The number of aromatic nitrogens is 5. The van der Waals surface area contributed by atoms with Crippen molar-refractivity contribution in [2.45, 2.75) is 52.0 Å². The minimum absolute atomic E-state index is 0.745. The van der Waals surface area contributed by atoms with Gasteiger partial charge in [-0.2, -0.15) is 0 Å². The maximum atomic E-state index is 5.06. The van der Waals surface area contributed by atoms with Crippen LogP contribution in [0, 0.1) is 0 Å². The molecule has 0 unspecified atom stereocenters. The third-order valence-electron chi connectivity index (χ3n) is 8.28. The van der Waals surface area contributed by atoms with E-state index in [0.717, 1.165) is 83.0 Å². The molecule has 7 rings (SSSR count).